The molecule has 0 N–H and O–H groups in total. The molecule has 1 aliphatic heterocycles. The van der Waals surface area contributed by atoms with Crippen molar-refractivity contribution < 1.29 is 9.59 Å². The first kappa shape index (κ1) is 20.1. The second-order valence-electron chi connectivity index (χ2n) is 10.0. The zero-order valence-corrected chi connectivity index (χ0v) is 18.6. The number of aliphatic imine (C=N–C) groups is 1. The van der Waals surface area contributed by atoms with Crippen LogP contribution in [0.2, 0.25) is 0 Å². The molecule has 158 valence electrons. The molecule has 1 heterocycles. The Bertz CT molecular complexity index is 1130. The van der Waals surface area contributed by atoms with Crippen LogP contribution in [0.5, 0.6) is 0 Å². The van der Waals surface area contributed by atoms with Crippen LogP contribution in [0, 0.1) is 11.3 Å². The number of ketones is 2. The molecule has 0 spiro atoms. The van der Waals surface area contributed by atoms with Crippen LogP contribution in [0.25, 0.3) is 5.70 Å². The van der Waals surface area contributed by atoms with Gasteiger partial charge in [0, 0.05) is 34.8 Å². The molecule has 2 aromatic rings. The fourth-order valence-corrected chi connectivity index (χ4v) is 5.55. The predicted molar refractivity (Wildman–Crippen MR) is 124 cm³/mol. The molecular weight excluding hydrogens is 382 g/mol. The van der Waals surface area contributed by atoms with E-state index in [4.69, 9.17) is 4.99 Å². The third-order valence-electron chi connectivity index (χ3n) is 7.00. The number of aryl methyl sites for hydroxylation is 1. The molecule has 0 aromatic heterocycles. The monoisotopic (exact) mass is 411 g/mol. The Kier molecular flexibility index (Phi) is 4.80. The lowest BCUT2D eigenvalue weighted by molar-refractivity contribution is -0.124. The average Bonchev–Trinajstić information content (AvgIpc) is 3.02. The summed E-state index contributed by atoms with van der Waals surface area (Å²) in [6.45, 7) is 6.47. The average molecular weight is 412 g/mol. The van der Waals surface area contributed by atoms with Crippen molar-refractivity contribution in [3.05, 3.63) is 76.4 Å². The van der Waals surface area contributed by atoms with Gasteiger partial charge in [-0.15, -0.1) is 0 Å². The van der Waals surface area contributed by atoms with Gasteiger partial charge in [-0.25, -0.2) is 0 Å². The molecule has 0 radical (unpaired) electrons. The molecule has 3 aliphatic rings. The number of hydrogen-bond donors (Lipinski definition) is 0. The molecule has 5 rings (SSSR count). The molecule has 0 bridgehead atoms. The van der Waals surface area contributed by atoms with Crippen molar-refractivity contribution in [2.45, 2.75) is 58.8 Å². The van der Waals surface area contributed by atoms with Gasteiger partial charge in [-0.3, -0.25) is 14.6 Å². The molecule has 1 fully saturated rings. The summed E-state index contributed by atoms with van der Waals surface area (Å²) in [4.78, 5) is 31.9. The van der Waals surface area contributed by atoms with E-state index in [0.29, 0.717) is 17.6 Å². The van der Waals surface area contributed by atoms with E-state index in [1.807, 2.05) is 24.3 Å². The van der Waals surface area contributed by atoms with Gasteiger partial charge < -0.3 is 0 Å². The maximum absolute atomic E-state index is 13.5. The highest BCUT2D eigenvalue weighted by Gasteiger charge is 2.49. The first-order valence-corrected chi connectivity index (χ1v) is 11.5. The lowest BCUT2D eigenvalue weighted by Gasteiger charge is -2.40. The summed E-state index contributed by atoms with van der Waals surface area (Å²) >= 11 is 0. The number of benzene rings is 2. The molecule has 3 nitrogen and oxygen atoms in total. The van der Waals surface area contributed by atoms with E-state index in [1.54, 1.807) is 0 Å². The third-order valence-corrected chi connectivity index (χ3v) is 7.00. The van der Waals surface area contributed by atoms with Crippen LogP contribution in [0.15, 0.2) is 59.1 Å². The molecule has 1 saturated carbocycles. The van der Waals surface area contributed by atoms with Crippen molar-refractivity contribution >= 4 is 23.0 Å². The van der Waals surface area contributed by atoms with Gasteiger partial charge in [0.1, 0.15) is 5.78 Å². The minimum atomic E-state index is -0.327. The molecule has 2 aromatic carbocycles. The number of nitrogens with zero attached hydrogens (tertiary/aromatic N) is 1. The molecule has 1 unspecified atom stereocenters. The highest BCUT2D eigenvalue weighted by Crippen LogP contribution is 2.51. The zero-order valence-electron chi connectivity index (χ0n) is 18.6. The Morgan fingerprint density at radius 3 is 2.35 bits per heavy atom. The number of rotatable bonds is 4. The molecule has 2 atom stereocenters. The summed E-state index contributed by atoms with van der Waals surface area (Å²) in [5.41, 5.74) is 6.34. The van der Waals surface area contributed by atoms with Gasteiger partial charge in [0.2, 0.25) is 0 Å². The number of Topliss-reactive ketones (excluding diaryl/α,β-unsaturated/α-hetero) is 2. The Hall–Kier alpha value is -2.81. The smallest absolute Gasteiger partial charge is 0.192 e. The predicted octanol–water partition coefficient (Wildman–Crippen LogP) is 6.18. The fraction of sp³-hybridized carbons (Fsp3) is 0.393. The highest BCUT2D eigenvalue weighted by molar-refractivity contribution is 6.25. The van der Waals surface area contributed by atoms with Gasteiger partial charge in [-0.2, -0.15) is 0 Å². The minimum absolute atomic E-state index is 0.0334. The second-order valence-corrected chi connectivity index (χ2v) is 10.0. The summed E-state index contributed by atoms with van der Waals surface area (Å²) < 4.78 is 0. The van der Waals surface area contributed by atoms with Crippen LogP contribution in [-0.2, 0) is 11.2 Å². The van der Waals surface area contributed by atoms with Gasteiger partial charge in [-0.05, 0) is 35.8 Å². The standard InChI is InChI=1S/C28H29NO2/c1-4-5-8-17-11-13-18(14-12-17)23-24-21(15-28(2,3)16-22(24)30)29-26-19-9-6-7-10-20(19)27(31)25(23)26/h6-7,9-14,23-24H,4-5,8,15-16H2,1-3H3/t23-,24?/m1/s1. The topological polar surface area (TPSA) is 46.5 Å². The van der Waals surface area contributed by atoms with Crippen LogP contribution in [0.4, 0.5) is 0 Å². The minimum Gasteiger partial charge on any atom is -0.299 e. The molecule has 0 saturated heterocycles. The Morgan fingerprint density at radius 1 is 0.935 bits per heavy atom. The van der Waals surface area contributed by atoms with Gasteiger partial charge in [0.25, 0.3) is 0 Å². The highest BCUT2D eigenvalue weighted by atomic mass is 16.1. The molecular formula is C28H29NO2. The quantitative estimate of drug-likeness (QED) is 0.603. The zero-order chi connectivity index (χ0) is 21.8. The Balaban J connectivity index is 1.65. The lowest BCUT2D eigenvalue weighted by Crippen LogP contribution is -2.43. The summed E-state index contributed by atoms with van der Waals surface area (Å²) in [6, 6.07) is 16.3. The van der Waals surface area contributed by atoms with Gasteiger partial charge in [0.05, 0.1) is 11.6 Å². The van der Waals surface area contributed by atoms with E-state index < -0.39 is 0 Å². The molecule has 2 aliphatic carbocycles. The SMILES string of the molecule is CCCCc1ccc([C@H]2C3=C(N=C4CC(C)(C)CC(=O)C42)c2ccccc2C3=O)cc1. The van der Waals surface area contributed by atoms with Crippen LogP contribution < -0.4 is 0 Å². The Morgan fingerprint density at radius 2 is 1.65 bits per heavy atom. The summed E-state index contributed by atoms with van der Waals surface area (Å²) in [6.07, 6.45) is 4.72. The van der Waals surface area contributed by atoms with Crippen molar-refractivity contribution in [3.63, 3.8) is 0 Å². The van der Waals surface area contributed by atoms with Crippen molar-refractivity contribution in [3.8, 4) is 0 Å². The maximum Gasteiger partial charge on any atom is 0.192 e. The van der Waals surface area contributed by atoms with Gasteiger partial charge in [-0.1, -0.05) is 75.7 Å². The lowest BCUT2D eigenvalue weighted by atomic mass is 9.63. The van der Waals surface area contributed by atoms with Crippen molar-refractivity contribution in [2.75, 3.05) is 0 Å². The largest absolute Gasteiger partial charge is 0.299 e. The number of allylic oxidation sites excluding steroid dienone is 1. The normalized spacial score (nSPS) is 23.9. The van der Waals surface area contributed by atoms with E-state index >= 15 is 0 Å². The number of carbonyl (C=O) groups is 2. The van der Waals surface area contributed by atoms with Crippen LogP contribution in [-0.4, -0.2) is 17.3 Å². The molecule has 3 heteroatoms. The van der Waals surface area contributed by atoms with Crippen molar-refractivity contribution in [2.24, 2.45) is 16.3 Å². The number of fused-ring (bicyclic) bond motifs is 3. The van der Waals surface area contributed by atoms with E-state index in [9.17, 15) is 9.59 Å². The van der Waals surface area contributed by atoms with E-state index in [2.05, 4.69) is 45.0 Å². The van der Waals surface area contributed by atoms with Gasteiger partial charge in [0.15, 0.2) is 5.78 Å². The van der Waals surface area contributed by atoms with Crippen LogP contribution in [0.1, 0.15) is 79.4 Å². The fourth-order valence-electron chi connectivity index (χ4n) is 5.55. The number of unbranched alkanes of at least 4 members (excludes halogenated alkanes) is 1. The second kappa shape index (κ2) is 7.40. The number of hydrogen-bond acceptors (Lipinski definition) is 3. The first-order chi connectivity index (χ1) is 14.9. The van der Waals surface area contributed by atoms with Gasteiger partial charge >= 0.3 is 0 Å². The summed E-state index contributed by atoms with van der Waals surface area (Å²) in [5, 5.41) is 0. The van der Waals surface area contributed by atoms with Crippen molar-refractivity contribution in [1.82, 2.24) is 0 Å². The van der Waals surface area contributed by atoms with E-state index in [0.717, 1.165) is 35.4 Å². The maximum atomic E-state index is 13.5. The summed E-state index contributed by atoms with van der Waals surface area (Å²) in [7, 11) is 0. The Labute approximate surface area is 184 Å². The molecule has 0 amide bonds. The van der Waals surface area contributed by atoms with E-state index in [-0.39, 0.29) is 28.8 Å². The van der Waals surface area contributed by atoms with Crippen molar-refractivity contribution in [1.29, 1.82) is 0 Å². The molecule has 31 heavy (non-hydrogen) atoms. The first-order valence-electron chi connectivity index (χ1n) is 11.5. The number of carbonyl (C=O) groups excluding carboxylic acids is 2. The van der Waals surface area contributed by atoms with E-state index in [1.165, 1.54) is 18.4 Å². The van der Waals surface area contributed by atoms with Crippen LogP contribution >= 0.6 is 0 Å². The summed E-state index contributed by atoms with van der Waals surface area (Å²) in [5.74, 6) is -0.325. The third kappa shape index (κ3) is 3.31. The van der Waals surface area contributed by atoms with Crippen LogP contribution in [0.3, 0.4) is 0 Å².